The highest BCUT2D eigenvalue weighted by molar-refractivity contribution is 6.06. The summed E-state index contributed by atoms with van der Waals surface area (Å²) in [6.07, 6.45) is 2.12. The van der Waals surface area contributed by atoms with Crippen molar-refractivity contribution in [2.24, 2.45) is 17.3 Å². The van der Waals surface area contributed by atoms with Gasteiger partial charge in [0.1, 0.15) is 39.6 Å². The molecule has 0 radical (unpaired) electrons. The fourth-order valence-electron chi connectivity index (χ4n) is 7.81. The topological polar surface area (TPSA) is 136 Å². The lowest BCUT2D eigenvalue weighted by atomic mass is 9.66. The quantitative estimate of drug-likeness (QED) is 0.0787. The Morgan fingerprint density at radius 2 is 0.786 bits per heavy atom. The summed E-state index contributed by atoms with van der Waals surface area (Å²) in [6, 6.07) is 26.9. The minimum atomic E-state index is -1.69. The molecule has 5 rings (SSSR count). The Hall–Kier alpha value is -5.06. The zero-order valence-electron chi connectivity index (χ0n) is 33.9. The van der Waals surface area contributed by atoms with Crippen LogP contribution in [0.3, 0.4) is 0 Å². The van der Waals surface area contributed by atoms with Gasteiger partial charge in [-0.3, -0.25) is 9.59 Å². The molecule has 2 amide bonds. The van der Waals surface area contributed by atoms with Gasteiger partial charge in [0.05, 0.1) is 40.5 Å². The van der Waals surface area contributed by atoms with Crippen LogP contribution in [0.5, 0.6) is 23.0 Å². The number of nitrogens with one attached hydrogen (secondary N) is 2. The third kappa shape index (κ3) is 8.51. The van der Waals surface area contributed by atoms with E-state index in [1.165, 1.54) is 0 Å². The second-order valence-electron chi connectivity index (χ2n) is 15.7. The number of amides is 2. The average Bonchev–Trinajstić information content (AvgIpc) is 3.19. The minimum Gasteiger partial charge on any atom is -0.497 e. The second-order valence-corrected chi connectivity index (χ2v) is 15.7. The van der Waals surface area contributed by atoms with Crippen molar-refractivity contribution >= 4 is 11.8 Å². The Bertz CT molecular complexity index is 1660. The molecule has 0 unspecified atom stereocenters. The molecule has 1 fully saturated rings. The van der Waals surface area contributed by atoms with Gasteiger partial charge in [-0.05, 0) is 108 Å². The number of hydrogen-bond acceptors (Lipinski definition) is 8. The lowest BCUT2D eigenvalue weighted by molar-refractivity contribution is -0.153. The second kappa shape index (κ2) is 17.8. The molecule has 0 aliphatic heterocycles. The molecule has 0 heterocycles. The SMILES string of the molecule is COc1ccc(C(O)(c2ccc(OC)cc2)[C@@H](CC(C)C)NC(=O)C2(C(=O)N[C@H](CC(C)C)C(O)(c3ccc(OC)cc3)c3ccc(OC)cc3)CCC2)cc1. The lowest BCUT2D eigenvalue weighted by Crippen LogP contribution is -2.63. The van der Waals surface area contributed by atoms with Crippen LogP contribution in [0.4, 0.5) is 0 Å². The van der Waals surface area contributed by atoms with Gasteiger partial charge < -0.3 is 39.8 Å². The summed E-state index contributed by atoms with van der Waals surface area (Å²) >= 11 is 0. The Balaban J connectivity index is 1.55. The highest BCUT2D eigenvalue weighted by Gasteiger charge is 2.54. The third-order valence-corrected chi connectivity index (χ3v) is 11.2. The highest BCUT2D eigenvalue weighted by Crippen LogP contribution is 2.45. The van der Waals surface area contributed by atoms with E-state index < -0.39 is 40.5 Å². The first-order valence-corrected chi connectivity index (χ1v) is 19.4. The molecule has 10 nitrogen and oxygen atoms in total. The van der Waals surface area contributed by atoms with E-state index in [1.807, 2.05) is 27.7 Å². The van der Waals surface area contributed by atoms with Gasteiger partial charge >= 0.3 is 0 Å². The van der Waals surface area contributed by atoms with Gasteiger partial charge in [0.25, 0.3) is 0 Å². The molecule has 4 aromatic rings. The number of carbonyl (C=O) groups excluding carboxylic acids is 2. The molecule has 300 valence electrons. The first-order valence-electron chi connectivity index (χ1n) is 19.4. The van der Waals surface area contributed by atoms with Crippen LogP contribution in [-0.2, 0) is 20.8 Å². The first kappa shape index (κ1) is 42.1. The lowest BCUT2D eigenvalue weighted by Gasteiger charge is -2.45. The van der Waals surface area contributed by atoms with Crippen LogP contribution in [-0.4, -0.2) is 62.6 Å². The van der Waals surface area contributed by atoms with E-state index >= 15 is 0 Å². The summed E-state index contributed by atoms with van der Waals surface area (Å²) in [7, 11) is 6.32. The number of benzene rings is 4. The van der Waals surface area contributed by atoms with E-state index in [-0.39, 0.29) is 11.8 Å². The fraction of sp³-hybridized carbons (Fsp3) is 0.435. The number of hydrogen-bond donors (Lipinski definition) is 4. The maximum atomic E-state index is 14.8. The Morgan fingerprint density at radius 1 is 0.536 bits per heavy atom. The van der Waals surface area contributed by atoms with Gasteiger partial charge in [-0.25, -0.2) is 0 Å². The van der Waals surface area contributed by atoms with Gasteiger partial charge in [0.2, 0.25) is 11.8 Å². The van der Waals surface area contributed by atoms with E-state index in [1.54, 1.807) is 126 Å². The van der Waals surface area contributed by atoms with Crippen LogP contribution < -0.4 is 29.6 Å². The molecule has 1 aliphatic carbocycles. The summed E-state index contributed by atoms with van der Waals surface area (Å²) in [5, 5.41) is 32.3. The molecule has 0 saturated heterocycles. The average molecular weight is 767 g/mol. The van der Waals surface area contributed by atoms with Crippen LogP contribution in [0.15, 0.2) is 97.1 Å². The van der Waals surface area contributed by atoms with E-state index in [2.05, 4.69) is 10.6 Å². The molecule has 2 atom stereocenters. The predicted octanol–water partition coefficient (Wildman–Crippen LogP) is 7.13. The Morgan fingerprint density at radius 3 is 0.964 bits per heavy atom. The van der Waals surface area contributed by atoms with Gasteiger partial charge in [-0.15, -0.1) is 0 Å². The molecular weight excluding hydrogens is 709 g/mol. The van der Waals surface area contributed by atoms with E-state index in [0.29, 0.717) is 77.4 Å². The summed E-state index contributed by atoms with van der Waals surface area (Å²) < 4.78 is 21.7. The van der Waals surface area contributed by atoms with Crippen molar-refractivity contribution in [1.29, 1.82) is 0 Å². The number of aliphatic hydroxyl groups is 2. The molecule has 0 bridgehead atoms. The molecule has 1 aliphatic rings. The van der Waals surface area contributed by atoms with Crippen molar-refractivity contribution < 1.29 is 38.7 Å². The van der Waals surface area contributed by atoms with E-state index in [9.17, 15) is 19.8 Å². The van der Waals surface area contributed by atoms with Crippen LogP contribution in [0.2, 0.25) is 0 Å². The first-order chi connectivity index (χ1) is 26.7. The monoisotopic (exact) mass is 766 g/mol. The zero-order valence-corrected chi connectivity index (χ0v) is 33.9. The van der Waals surface area contributed by atoms with Crippen LogP contribution in [0, 0.1) is 17.3 Å². The summed E-state index contributed by atoms with van der Waals surface area (Å²) in [5.41, 5.74) is -2.58. The van der Waals surface area contributed by atoms with Crippen LogP contribution >= 0.6 is 0 Å². The maximum Gasteiger partial charge on any atom is 0.236 e. The van der Waals surface area contributed by atoms with Crippen molar-refractivity contribution in [2.75, 3.05) is 28.4 Å². The minimum absolute atomic E-state index is 0.0638. The molecule has 0 spiro atoms. The molecule has 4 N–H and O–H groups in total. The fourth-order valence-corrected chi connectivity index (χ4v) is 7.81. The molecule has 0 aromatic heterocycles. The van der Waals surface area contributed by atoms with Gasteiger partial charge in [-0.1, -0.05) is 82.6 Å². The Labute approximate surface area is 331 Å². The summed E-state index contributed by atoms with van der Waals surface area (Å²) in [5.74, 6) is 1.70. The van der Waals surface area contributed by atoms with Crippen molar-refractivity contribution in [3.8, 4) is 23.0 Å². The zero-order chi connectivity index (χ0) is 40.7. The van der Waals surface area contributed by atoms with E-state index in [4.69, 9.17) is 18.9 Å². The third-order valence-electron chi connectivity index (χ3n) is 11.2. The van der Waals surface area contributed by atoms with Crippen molar-refractivity contribution in [2.45, 2.75) is 83.1 Å². The standard InChI is InChI=1S/C46H58N2O8/c1-30(2)28-40(45(51,32-10-18-36(53-5)19-11-32)33-12-20-37(54-6)21-13-33)47-42(49)44(26-9-27-44)43(50)48-41(29-31(3)4)46(52,34-14-22-38(55-7)23-15-34)35-16-24-39(56-8)25-17-35/h10-25,30-31,40-41,51-52H,9,26-29H2,1-8H3,(H,47,49)(H,48,50)/t40-,41-/m1/s1. The Kier molecular flexibility index (Phi) is 13.4. The molecule has 56 heavy (non-hydrogen) atoms. The number of rotatable bonds is 18. The van der Waals surface area contributed by atoms with Gasteiger partial charge in [0, 0.05) is 0 Å². The van der Waals surface area contributed by atoms with E-state index in [0.717, 1.165) is 0 Å². The molecule has 1 saturated carbocycles. The largest absolute Gasteiger partial charge is 0.497 e. The highest BCUT2D eigenvalue weighted by atomic mass is 16.5. The summed E-state index contributed by atoms with van der Waals surface area (Å²) in [4.78, 5) is 29.6. The van der Waals surface area contributed by atoms with Gasteiger partial charge in [0.15, 0.2) is 0 Å². The van der Waals surface area contributed by atoms with Crippen molar-refractivity contribution in [3.05, 3.63) is 119 Å². The predicted molar refractivity (Wildman–Crippen MR) is 217 cm³/mol. The van der Waals surface area contributed by atoms with Crippen LogP contribution in [0.1, 0.15) is 82.1 Å². The molecule has 10 heteroatoms. The van der Waals surface area contributed by atoms with Gasteiger partial charge in [-0.2, -0.15) is 0 Å². The number of ether oxygens (including phenoxy) is 4. The summed E-state index contributed by atoms with van der Waals surface area (Å²) in [6.45, 7) is 8.12. The van der Waals surface area contributed by atoms with Crippen molar-refractivity contribution in [1.82, 2.24) is 10.6 Å². The molecular formula is C46H58N2O8. The normalized spacial score (nSPS) is 15.0. The number of methoxy groups -OCH3 is 4. The molecule has 4 aromatic carbocycles. The smallest absolute Gasteiger partial charge is 0.236 e. The van der Waals surface area contributed by atoms with Crippen LogP contribution in [0.25, 0.3) is 0 Å². The van der Waals surface area contributed by atoms with Crippen molar-refractivity contribution in [3.63, 3.8) is 0 Å². The number of carbonyl (C=O) groups is 2. The maximum absolute atomic E-state index is 14.8.